The van der Waals surface area contributed by atoms with Gasteiger partial charge in [0.25, 0.3) is 0 Å². The van der Waals surface area contributed by atoms with Gasteiger partial charge >= 0.3 is 6.09 Å². The zero-order valence-corrected chi connectivity index (χ0v) is 18.0. The van der Waals surface area contributed by atoms with Crippen molar-refractivity contribution < 1.29 is 19.5 Å². The molecule has 152 valence electrons. The van der Waals surface area contributed by atoms with Crippen molar-refractivity contribution in [2.24, 2.45) is 5.41 Å². The molecule has 0 spiro atoms. The van der Waals surface area contributed by atoms with Crippen LogP contribution in [0, 0.1) is 5.41 Å². The molecule has 0 radical (unpaired) electrons. The summed E-state index contributed by atoms with van der Waals surface area (Å²) >= 11 is 0. The summed E-state index contributed by atoms with van der Waals surface area (Å²) in [6.07, 6.45) is 5.36. The highest BCUT2D eigenvalue weighted by atomic mass is 16.6. The lowest BCUT2D eigenvalue weighted by Crippen LogP contribution is -2.49. The number of hydroxylamine groups is 1. The molecule has 1 rings (SSSR count). The summed E-state index contributed by atoms with van der Waals surface area (Å²) in [5.74, 6) is 0. The van der Waals surface area contributed by atoms with Crippen LogP contribution in [0.3, 0.4) is 0 Å². The number of amides is 1. The molecule has 2 N–H and O–H groups in total. The molecule has 1 atom stereocenters. The molecule has 1 aliphatic heterocycles. The van der Waals surface area contributed by atoms with Gasteiger partial charge in [0.15, 0.2) is 0 Å². The molecule has 1 saturated heterocycles. The van der Waals surface area contributed by atoms with Crippen molar-refractivity contribution in [2.45, 2.75) is 98.1 Å². The summed E-state index contributed by atoms with van der Waals surface area (Å²) in [5.41, 5.74) is 0.680. The Kier molecular flexibility index (Phi) is 6.94. The van der Waals surface area contributed by atoms with E-state index in [0.717, 1.165) is 6.42 Å². The second kappa shape index (κ2) is 7.87. The fraction of sp³-hybridized carbons (Fsp3) is 0.850. The Morgan fingerprint density at radius 2 is 1.85 bits per heavy atom. The molecule has 1 aliphatic rings. The van der Waals surface area contributed by atoms with Crippen LogP contribution in [-0.4, -0.2) is 45.7 Å². The Labute approximate surface area is 158 Å². The molecule has 0 aromatic heterocycles. The van der Waals surface area contributed by atoms with Gasteiger partial charge in [0.1, 0.15) is 11.3 Å². The first kappa shape index (κ1) is 22.9. The Morgan fingerprint density at radius 1 is 1.27 bits per heavy atom. The molecule has 26 heavy (non-hydrogen) atoms. The quantitative estimate of drug-likeness (QED) is 0.533. The molecule has 1 unspecified atom stereocenters. The number of hydrogen-bond donors (Lipinski definition) is 2. The maximum atomic E-state index is 12.6. The van der Waals surface area contributed by atoms with Crippen LogP contribution in [0.5, 0.6) is 0 Å². The van der Waals surface area contributed by atoms with Crippen LogP contribution in [0.1, 0.15) is 75.2 Å². The van der Waals surface area contributed by atoms with Gasteiger partial charge < -0.3 is 14.7 Å². The lowest BCUT2D eigenvalue weighted by atomic mass is 9.80. The van der Waals surface area contributed by atoms with E-state index in [-0.39, 0.29) is 23.1 Å². The molecule has 6 nitrogen and oxygen atoms in total. The van der Waals surface area contributed by atoms with Gasteiger partial charge in [-0.25, -0.2) is 4.79 Å². The van der Waals surface area contributed by atoms with Crippen LogP contribution >= 0.6 is 0 Å². The van der Waals surface area contributed by atoms with Gasteiger partial charge in [-0.05, 0) is 66.7 Å². The molecule has 1 heterocycles. The number of nitrogens with zero attached hydrogens (tertiary/aromatic N) is 1. The first-order chi connectivity index (χ1) is 11.6. The van der Waals surface area contributed by atoms with Gasteiger partial charge in [-0.1, -0.05) is 26.0 Å². The van der Waals surface area contributed by atoms with Gasteiger partial charge in [0.2, 0.25) is 0 Å². The number of ether oxygens (including phenoxy) is 2. The van der Waals surface area contributed by atoms with Crippen LogP contribution < -0.4 is 5.48 Å². The van der Waals surface area contributed by atoms with E-state index in [1.807, 2.05) is 48.5 Å². The summed E-state index contributed by atoms with van der Waals surface area (Å²) in [6.45, 7) is 18.0. The van der Waals surface area contributed by atoms with E-state index in [0.29, 0.717) is 13.0 Å². The third-order valence-electron chi connectivity index (χ3n) is 4.34. The van der Waals surface area contributed by atoms with E-state index in [2.05, 4.69) is 31.5 Å². The van der Waals surface area contributed by atoms with Gasteiger partial charge in [-0.15, -0.1) is 0 Å². The molecule has 0 aliphatic carbocycles. The summed E-state index contributed by atoms with van der Waals surface area (Å²) in [4.78, 5) is 14.3. The molecular formula is C20H38N2O4. The SMILES string of the molecule is CC(C)(/C=C/CC1COC(C)(C)N1C(=O)OC(C)(C)C)CC(C)(C)NO. The van der Waals surface area contributed by atoms with Crippen molar-refractivity contribution in [3.8, 4) is 0 Å². The largest absolute Gasteiger partial charge is 0.444 e. The van der Waals surface area contributed by atoms with Gasteiger partial charge in [-0.3, -0.25) is 4.90 Å². The highest BCUT2D eigenvalue weighted by Gasteiger charge is 2.45. The predicted octanol–water partition coefficient (Wildman–Crippen LogP) is 4.48. The van der Waals surface area contributed by atoms with Crippen molar-refractivity contribution >= 4 is 6.09 Å². The molecule has 0 bridgehead atoms. The molecule has 6 heteroatoms. The van der Waals surface area contributed by atoms with E-state index in [4.69, 9.17) is 9.47 Å². The average molecular weight is 371 g/mol. The van der Waals surface area contributed by atoms with Crippen molar-refractivity contribution in [3.63, 3.8) is 0 Å². The third-order valence-corrected chi connectivity index (χ3v) is 4.34. The van der Waals surface area contributed by atoms with Crippen molar-refractivity contribution in [3.05, 3.63) is 12.2 Å². The maximum Gasteiger partial charge on any atom is 0.412 e. The molecule has 1 amide bonds. The van der Waals surface area contributed by atoms with E-state index in [1.165, 1.54) is 0 Å². The average Bonchev–Trinajstić information content (AvgIpc) is 2.70. The van der Waals surface area contributed by atoms with Crippen LogP contribution in [0.2, 0.25) is 0 Å². The monoisotopic (exact) mass is 370 g/mol. The standard InChI is InChI=1S/C20H38N2O4/c1-17(2,3)26-16(23)22-15(13-25-20(22,8)9)11-10-12-18(4,5)14-19(6,7)21-24/h10,12,15,21,24H,11,13-14H2,1-9H3/b12-10+. The Hall–Kier alpha value is -1.11. The minimum atomic E-state index is -0.681. The smallest absolute Gasteiger partial charge is 0.412 e. The van der Waals surface area contributed by atoms with Gasteiger partial charge in [-0.2, -0.15) is 5.48 Å². The van der Waals surface area contributed by atoms with Crippen LogP contribution in [0.15, 0.2) is 12.2 Å². The van der Waals surface area contributed by atoms with Crippen molar-refractivity contribution in [2.75, 3.05) is 6.61 Å². The Balaban J connectivity index is 2.80. The normalized spacial score (nSPS) is 21.5. The number of hydrogen-bond acceptors (Lipinski definition) is 5. The van der Waals surface area contributed by atoms with E-state index in [1.54, 1.807) is 4.90 Å². The lowest BCUT2D eigenvalue weighted by molar-refractivity contribution is -0.0623. The highest BCUT2D eigenvalue weighted by molar-refractivity contribution is 5.69. The second-order valence-corrected chi connectivity index (χ2v) is 10.1. The topological polar surface area (TPSA) is 71.0 Å². The Bertz CT molecular complexity index is 518. The zero-order chi connectivity index (χ0) is 20.4. The summed E-state index contributed by atoms with van der Waals surface area (Å²) in [6, 6.07) is -0.0594. The fourth-order valence-corrected chi connectivity index (χ4v) is 3.52. The van der Waals surface area contributed by atoms with Crippen LogP contribution in [0.25, 0.3) is 0 Å². The summed E-state index contributed by atoms with van der Waals surface area (Å²) < 4.78 is 11.4. The molecule has 0 saturated carbocycles. The first-order valence-corrected chi connectivity index (χ1v) is 9.34. The number of allylic oxidation sites excluding steroid dienone is 1. The van der Waals surface area contributed by atoms with Gasteiger partial charge in [0, 0.05) is 5.54 Å². The van der Waals surface area contributed by atoms with E-state index in [9.17, 15) is 10.0 Å². The molecule has 0 aromatic rings. The number of carbonyl (C=O) groups excluding carboxylic acids is 1. The van der Waals surface area contributed by atoms with Crippen LogP contribution in [-0.2, 0) is 9.47 Å². The second-order valence-electron chi connectivity index (χ2n) is 10.1. The number of nitrogens with one attached hydrogen (secondary N) is 1. The minimum absolute atomic E-state index is 0.0594. The van der Waals surface area contributed by atoms with Crippen molar-refractivity contribution in [1.29, 1.82) is 0 Å². The van der Waals surface area contributed by atoms with Crippen LogP contribution in [0.4, 0.5) is 4.79 Å². The summed E-state index contributed by atoms with van der Waals surface area (Å²) in [7, 11) is 0. The van der Waals surface area contributed by atoms with E-state index < -0.39 is 11.3 Å². The minimum Gasteiger partial charge on any atom is -0.444 e. The molecule has 0 aromatic carbocycles. The number of rotatable bonds is 6. The highest BCUT2D eigenvalue weighted by Crippen LogP contribution is 2.33. The predicted molar refractivity (Wildman–Crippen MR) is 103 cm³/mol. The summed E-state index contributed by atoms with van der Waals surface area (Å²) in [5, 5.41) is 9.25. The van der Waals surface area contributed by atoms with Crippen molar-refractivity contribution in [1.82, 2.24) is 10.4 Å². The zero-order valence-electron chi connectivity index (χ0n) is 18.0. The molecule has 1 fully saturated rings. The van der Waals surface area contributed by atoms with Gasteiger partial charge in [0.05, 0.1) is 12.6 Å². The van der Waals surface area contributed by atoms with E-state index >= 15 is 0 Å². The number of carbonyl (C=O) groups is 1. The first-order valence-electron chi connectivity index (χ1n) is 9.34. The molecular weight excluding hydrogens is 332 g/mol. The third kappa shape index (κ3) is 6.89. The fourth-order valence-electron chi connectivity index (χ4n) is 3.52. The lowest BCUT2D eigenvalue weighted by Gasteiger charge is -2.35. The maximum absolute atomic E-state index is 12.6. The Morgan fingerprint density at radius 3 is 2.35 bits per heavy atom.